The summed E-state index contributed by atoms with van der Waals surface area (Å²) in [5, 5.41) is 14.8. The smallest absolute Gasteiger partial charge is 0.341 e. The van der Waals surface area contributed by atoms with Gasteiger partial charge in [0.2, 0.25) is 5.91 Å². The lowest BCUT2D eigenvalue weighted by molar-refractivity contribution is -0.287. The van der Waals surface area contributed by atoms with Crippen molar-refractivity contribution in [3.05, 3.63) is 12.7 Å². The average Bonchev–Trinajstić information content (AvgIpc) is 2.93. The minimum atomic E-state index is -2.24. The van der Waals surface area contributed by atoms with E-state index in [9.17, 15) is 33.9 Å². The summed E-state index contributed by atoms with van der Waals surface area (Å²) in [6.07, 6.45) is -4.73. The molecule has 0 aromatic heterocycles. The van der Waals surface area contributed by atoms with Gasteiger partial charge in [-0.25, -0.2) is 4.79 Å². The molecule has 1 saturated carbocycles. The Kier molecular flexibility index (Phi) is 13.3. The molecule has 6 atom stereocenters. The Hall–Kier alpha value is -3.56. The Bertz CT molecular complexity index is 1080. The molecule has 2 rings (SSSR count). The lowest BCUT2D eigenvalue weighted by Crippen LogP contribution is -2.74. The van der Waals surface area contributed by atoms with Gasteiger partial charge in [-0.05, 0) is 25.7 Å². The minimum absolute atomic E-state index is 0.0206. The largest absolute Gasteiger partial charge is 0.467 e. The first-order chi connectivity index (χ1) is 20.6. The van der Waals surface area contributed by atoms with Crippen LogP contribution in [0.4, 0.5) is 0 Å². The molecule has 0 radical (unpaired) electrons. The molecule has 0 aromatic rings. The van der Waals surface area contributed by atoms with E-state index in [4.69, 9.17) is 33.2 Å². The molecule has 1 saturated heterocycles. The van der Waals surface area contributed by atoms with E-state index < -0.39 is 90.4 Å². The van der Waals surface area contributed by atoms with Crippen LogP contribution in [0.5, 0.6) is 0 Å². The number of nitrogens with one attached hydrogen (secondary N) is 1. The molecule has 2 fully saturated rings. The fourth-order valence-corrected chi connectivity index (χ4v) is 5.77. The molecule has 15 heteroatoms. The normalized spacial score (nSPS) is 29.6. The summed E-state index contributed by atoms with van der Waals surface area (Å²) in [7, 11) is 1.08. The van der Waals surface area contributed by atoms with E-state index in [2.05, 4.69) is 11.9 Å². The summed E-state index contributed by atoms with van der Waals surface area (Å²) in [5.74, 6) is -4.93. The van der Waals surface area contributed by atoms with E-state index in [1.807, 2.05) is 0 Å². The summed E-state index contributed by atoms with van der Waals surface area (Å²) in [6.45, 7) is 8.79. The highest BCUT2D eigenvalue weighted by atomic mass is 16.6. The molecule has 2 N–H and O–H groups in total. The van der Waals surface area contributed by atoms with Gasteiger partial charge in [0, 0.05) is 41.0 Å². The maximum Gasteiger partial charge on any atom is 0.341 e. The van der Waals surface area contributed by atoms with Crippen LogP contribution in [0.3, 0.4) is 0 Å². The molecule has 1 heterocycles. The number of carbonyl (C=O) groups excluding carboxylic acids is 6. The van der Waals surface area contributed by atoms with Crippen molar-refractivity contribution in [3.63, 3.8) is 0 Å². The monoisotopic (exact) mass is 629 g/mol. The number of hydrogen-bond acceptors (Lipinski definition) is 14. The van der Waals surface area contributed by atoms with Crippen molar-refractivity contribution in [2.45, 2.75) is 114 Å². The van der Waals surface area contributed by atoms with Crippen LogP contribution in [0.2, 0.25) is 0 Å². The molecule has 0 aromatic carbocycles. The van der Waals surface area contributed by atoms with Gasteiger partial charge in [-0.3, -0.25) is 24.0 Å². The third-order valence-corrected chi connectivity index (χ3v) is 7.50. The van der Waals surface area contributed by atoms with Crippen molar-refractivity contribution in [2.24, 2.45) is 0 Å². The molecular formula is C29H43NO14. The van der Waals surface area contributed by atoms with E-state index in [-0.39, 0.29) is 25.6 Å². The molecule has 1 amide bonds. The van der Waals surface area contributed by atoms with Gasteiger partial charge in [0.25, 0.3) is 0 Å². The second-order valence-electron chi connectivity index (χ2n) is 10.9. The van der Waals surface area contributed by atoms with Crippen LogP contribution in [0.15, 0.2) is 12.7 Å². The van der Waals surface area contributed by atoms with Gasteiger partial charge in [-0.15, -0.1) is 6.58 Å². The number of ether oxygens (including phenoxy) is 7. The van der Waals surface area contributed by atoms with Crippen LogP contribution in [-0.2, 0) is 61.9 Å². The number of methoxy groups -OCH3 is 1. The van der Waals surface area contributed by atoms with E-state index in [1.165, 1.54) is 6.92 Å². The molecular weight excluding hydrogens is 586 g/mol. The van der Waals surface area contributed by atoms with Gasteiger partial charge in [-0.1, -0.05) is 6.08 Å². The van der Waals surface area contributed by atoms with Gasteiger partial charge in [0.1, 0.15) is 24.4 Å². The molecule has 0 spiro atoms. The summed E-state index contributed by atoms with van der Waals surface area (Å²) in [4.78, 5) is 74.6. The number of amides is 1. The van der Waals surface area contributed by atoms with Crippen LogP contribution in [0, 0.1) is 0 Å². The highest BCUT2D eigenvalue weighted by Crippen LogP contribution is 2.48. The van der Waals surface area contributed by atoms with Gasteiger partial charge in [0.05, 0.1) is 25.9 Å². The SMILES string of the molecule is C=CCOC1CCC(O)([C@]2(C(=O)OC)C[C@H](OC(C)=O)[C@@H](NC(C)=O)[C@H]([C@H](OC(C)=O)[C@@H](COC(C)=O)OC(C)=O)O2)CC1. The first-order valence-electron chi connectivity index (χ1n) is 14.2. The maximum absolute atomic E-state index is 13.7. The number of esters is 5. The summed E-state index contributed by atoms with van der Waals surface area (Å²) in [6, 6.07) is -1.32. The van der Waals surface area contributed by atoms with E-state index in [1.54, 1.807) is 6.08 Å². The third-order valence-electron chi connectivity index (χ3n) is 7.50. The number of aliphatic hydroxyl groups is 1. The Morgan fingerprint density at radius 3 is 2.07 bits per heavy atom. The van der Waals surface area contributed by atoms with Crippen LogP contribution in [-0.4, -0.2) is 109 Å². The van der Waals surface area contributed by atoms with E-state index >= 15 is 0 Å². The zero-order chi connectivity index (χ0) is 33.2. The molecule has 1 aliphatic heterocycles. The minimum Gasteiger partial charge on any atom is -0.467 e. The second kappa shape index (κ2) is 16.0. The fourth-order valence-electron chi connectivity index (χ4n) is 5.77. The van der Waals surface area contributed by atoms with Crippen molar-refractivity contribution in [1.29, 1.82) is 0 Å². The molecule has 0 unspecified atom stereocenters. The molecule has 15 nitrogen and oxygen atoms in total. The standard InChI is InChI=1S/C29H43NO14/c1-8-13-39-21-9-11-28(37,12-10-21)29(27(36)38-7)14-22(41-18(4)33)24(30-16(2)31)26(44-29)25(43-20(6)35)23(42-19(5)34)15-40-17(3)32/h8,21-26,37H,1,9-15H2,2-7H3,(H,30,31)/t21?,22-,23+,24+,25+,26+,28?,29+/m0/s1. The van der Waals surface area contributed by atoms with Crippen molar-refractivity contribution in [2.75, 3.05) is 20.3 Å². The summed E-state index contributed by atoms with van der Waals surface area (Å²) >= 11 is 0. The van der Waals surface area contributed by atoms with Crippen LogP contribution >= 0.6 is 0 Å². The predicted octanol–water partition coefficient (Wildman–Crippen LogP) is 0.426. The summed E-state index contributed by atoms with van der Waals surface area (Å²) < 4.78 is 38.9. The number of carbonyl (C=O) groups is 6. The molecule has 44 heavy (non-hydrogen) atoms. The molecule has 0 bridgehead atoms. The highest BCUT2D eigenvalue weighted by molar-refractivity contribution is 5.82. The van der Waals surface area contributed by atoms with Crippen LogP contribution in [0.25, 0.3) is 0 Å². The maximum atomic E-state index is 13.7. The zero-order valence-electron chi connectivity index (χ0n) is 26.0. The molecule has 248 valence electrons. The van der Waals surface area contributed by atoms with Crippen LogP contribution < -0.4 is 5.32 Å². The number of rotatable bonds is 13. The topological polar surface area (TPSA) is 199 Å². The Morgan fingerprint density at radius 2 is 1.59 bits per heavy atom. The predicted molar refractivity (Wildman–Crippen MR) is 148 cm³/mol. The lowest BCUT2D eigenvalue weighted by atomic mass is 9.67. The molecule has 1 aliphatic carbocycles. The van der Waals surface area contributed by atoms with Gasteiger partial charge in [-0.2, -0.15) is 0 Å². The first-order valence-corrected chi connectivity index (χ1v) is 14.2. The van der Waals surface area contributed by atoms with E-state index in [0.717, 1.165) is 34.8 Å². The Labute approximate surface area is 255 Å². The molecule has 2 aliphatic rings. The van der Waals surface area contributed by atoms with Crippen molar-refractivity contribution in [1.82, 2.24) is 5.32 Å². The first kappa shape index (κ1) is 36.6. The second-order valence-corrected chi connectivity index (χ2v) is 10.9. The van der Waals surface area contributed by atoms with Crippen molar-refractivity contribution < 1.29 is 67.0 Å². The third kappa shape index (κ3) is 9.22. The van der Waals surface area contributed by atoms with Crippen LogP contribution in [0.1, 0.15) is 66.7 Å². The van der Waals surface area contributed by atoms with Crippen molar-refractivity contribution >= 4 is 35.8 Å². The van der Waals surface area contributed by atoms with Gasteiger partial charge in [0.15, 0.2) is 17.8 Å². The quantitative estimate of drug-likeness (QED) is 0.161. The Balaban J connectivity index is 2.77. The van der Waals surface area contributed by atoms with E-state index in [0.29, 0.717) is 12.8 Å². The zero-order valence-corrected chi connectivity index (χ0v) is 26.0. The highest BCUT2D eigenvalue weighted by Gasteiger charge is 2.66. The van der Waals surface area contributed by atoms with Gasteiger partial charge >= 0.3 is 29.8 Å². The average molecular weight is 630 g/mol. The lowest BCUT2D eigenvalue weighted by Gasteiger charge is -2.55. The van der Waals surface area contributed by atoms with Gasteiger partial charge < -0.3 is 43.6 Å². The summed E-state index contributed by atoms with van der Waals surface area (Å²) in [5.41, 5.74) is -4.18. The number of hydrogen-bond donors (Lipinski definition) is 2. The Morgan fingerprint density at radius 1 is 0.977 bits per heavy atom. The fraction of sp³-hybridized carbons (Fsp3) is 0.724. The van der Waals surface area contributed by atoms with Crippen molar-refractivity contribution in [3.8, 4) is 0 Å².